The van der Waals surface area contributed by atoms with Crippen LogP contribution in [0.5, 0.6) is 0 Å². The Hall–Kier alpha value is -2.13. The Labute approximate surface area is 187 Å². The first-order valence-corrected chi connectivity index (χ1v) is 12.7. The molecule has 0 aromatic heterocycles. The van der Waals surface area contributed by atoms with Crippen LogP contribution in [0.15, 0.2) is 18.2 Å². The summed E-state index contributed by atoms with van der Waals surface area (Å²) in [5.41, 5.74) is 0.535. The zero-order valence-corrected chi connectivity index (χ0v) is 19.1. The number of carbonyl (C=O) groups is 3. The Kier molecular flexibility index (Phi) is 7.59. The largest absolute Gasteiger partial charge is 0.452 e. The molecule has 2 heterocycles. The number of hydrogen-bond donors (Lipinski definition) is 0. The number of hydrogen-bond acceptors (Lipinski definition) is 6. The van der Waals surface area contributed by atoms with Crippen LogP contribution in [0.25, 0.3) is 0 Å². The maximum Gasteiger partial charge on any atom is 0.340 e. The van der Waals surface area contributed by atoms with Gasteiger partial charge in [0.1, 0.15) is 0 Å². The second kappa shape index (κ2) is 9.99. The number of unbranched alkanes of at least 4 members (excludes halogenated alkanes) is 1. The standard InChI is InChI=1S/C21H27ClN2O6S/c1-2-3-9-23(16-8-11-31(28,29)14-16)20(26)13-30-21(27)17-7-6-15(22)12-18(17)24-10-4-5-19(24)25/h6-7,12,16H,2-5,8-11,13-14H2,1H3. The van der Waals surface area contributed by atoms with Crippen molar-refractivity contribution >= 4 is 44.9 Å². The van der Waals surface area contributed by atoms with Gasteiger partial charge in [-0.05, 0) is 37.5 Å². The van der Waals surface area contributed by atoms with E-state index in [0.29, 0.717) is 43.1 Å². The van der Waals surface area contributed by atoms with Gasteiger partial charge in [0.25, 0.3) is 5.91 Å². The molecule has 0 radical (unpaired) electrons. The SMILES string of the molecule is CCCCN(C(=O)COC(=O)c1ccc(Cl)cc1N1CCCC1=O)C1CCS(=O)(=O)C1. The van der Waals surface area contributed by atoms with Crippen LogP contribution >= 0.6 is 11.6 Å². The van der Waals surface area contributed by atoms with E-state index in [2.05, 4.69) is 0 Å². The van der Waals surface area contributed by atoms with E-state index in [1.807, 2.05) is 6.92 Å². The lowest BCUT2D eigenvalue weighted by atomic mass is 10.1. The van der Waals surface area contributed by atoms with E-state index in [9.17, 15) is 22.8 Å². The Morgan fingerprint density at radius 2 is 2.10 bits per heavy atom. The van der Waals surface area contributed by atoms with Gasteiger partial charge in [0.15, 0.2) is 16.4 Å². The maximum absolute atomic E-state index is 12.8. The molecule has 8 nitrogen and oxygen atoms in total. The van der Waals surface area contributed by atoms with Crippen molar-refractivity contribution in [3.63, 3.8) is 0 Å². The van der Waals surface area contributed by atoms with Gasteiger partial charge in [-0.15, -0.1) is 0 Å². The molecule has 2 fully saturated rings. The van der Waals surface area contributed by atoms with Crippen molar-refractivity contribution in [3.8, 4) is 0 Å². The predicted octanol–water partition coefficient (Wildman–Crippen LogP) is 2.44. The smallest absolute Gasteiger partial charge is 0.340 e. The van der Waals surface area contributed by atoms with Crippen LogP contribution < -0.4 is 4.90 Å². The number of carbonyl (C=O) groups excluding carboxylic acids is 3. The third-order valence-corrected chi connectivity index (χ3v) is 7.58. The van der Waals surface area contributed by atoms with Crippen LogP contribution in [0.3, 0.4) is 0 Å². The summed E-state index contributed by atoms with van der Waals surface area (Å²) in [4.78, 5) is 40.7. The monoisotopic (exact) mass is 470 g/mol. The highest BCUT2D eigenvalue weighted by atomic mass is 35.5. The molecule has 170 valence electrons. The number of benzene rings is 1. The third-order valence-electron chi connectivity index (χ3n) is 5.59. The molecule has 2 aliphatic rings. The Morgan fingerprint density at radius 3 is 2.71 bits per heavy atom. The number of halogens is 1. The first-order chi connectivity index (χ1) is 14.7. The van der Waals surface area contributed by atoms with Crippen molar-refractivity contribution in [1.82, 2.24) is 4.90 Å². The van der Waals surface area contributed by atoms with Crippen LogP contribution in [-0.2, 0) is 24.2 Å². The topological polar surface area (TPSA) is 101 Å². The number of anilines is 1. The first-order valence-electron chi connectivity index (χ1n) is 10.5. The molecule has 31 heavy (non-hydrogen) atoms. The molecule has 10 heteroatoms. The van der Waals surface area contributed by atoms with E-state index < -0.39 is 34.4 Å². The van der Waals surface area contributed by atoms with Crippen LogP contribution in [0.1, 0.15) is 49.4 Å². The second-order valence-electron chi connectivity index (χ2n) is 7.88. The van der Waals surface area contributed by atoms with Crippen molar-refractivity contribution in [2.45, 2.75) is 45.1 Å². The molecule has 1 unspecified atom stereocenters. The third kappa shape index (κ3) is 5.77. The van der Waals surface area contributed by atoms with Gasteiger partial charge >= 0.3 is 5.97 Å². The molecule has 3 rings (SSSR count). The minimum atomic E-state index is -3.15. The van der Waals surface area contributed by atoms with E-state index in [1.165, 1.54) is 21.9 Å². The number of nitrogens with zero attached hydrogens (tertiary/aromatic N) is 2. The highest BCUT2D eigenvalue weighted by molar-refractivity contribution is 7.91. The molecule has 1 atom stereocenters. The summed E-state index contributed by atoms with van der Waals surface area (Å²) in [6, 6.07) is 4.16. The molecule has 0 bridgehead atoms. The van der Waals surface area contributed by atoms with Crippen molar-refractivity contribution < 1.29 is 27.5 Å². The molecule has 2 saturated heterocycles. The second-order valence-corrected chi connectivity index (χ2v) is 10.5. The molecule has 0 saturated carbocycles. The quantitative estimate of drug-likeness (QED) is 0.541. The Balaban J connectivity index is 1.70. The number of sulfone groups is 1. The average Bonchev–Trinajstić information content (AvgIpc) is 3.31. The Morgan fingerprint density at radius 1 is 1.32 bits per heavy atom. The highest BCUT2D eigenvalue weighted by Gasteiger charge is 2.35. The molecule has 0 aliphatic carbocycles. The minimum Gasteiger partial charge on any atom is -0.452 e. The van der Waals surface area contributed by atoms with E-state index in [-0.39, 0.29) is 23.0 Å². The van der Waals surface area contributed by atoms with Gasteiger partial charge in [-0.25, -0.2) is 13.2 Å². The molecule has 0 N–H and O–H groups in total. The van der Waals surface area contributed by atoms with Crippen LogP contribution in [0, 0.1) is 0 Å². The molecule has 2 aliphatic heterocycles. The fourth-order valence-electron chi connectivity index (χ4n) is 3.95. The fraction of sp³-hybridized carbons (Fsp3) is 0.571. The average molecular weight is 471 g/mol. The summed E-state index contributed by atoms with van der Waals surface area (Å²) >= 11 is 6.06. The summed E-state index contributed by atoms with van der Waals surface area (Å²) in [5.74, 6) is -1.24. The van der Waals surface area contributed by atoms with Gasteiger partial charge in [-0.1, -0.05) is 24.9 Å². The Bertz CT molecular complexity index is 965. The lowest BCUT2D eigenvalue weighted by Gasteiger charge is -2.28. The minimum absolute atomic E-state index is 0.0607. The van der Waals surface area contributed by atoms with Crippen molar-refractivity contribution in [1.29, 1.82) is 0 Å². The normalized spacial score (nSPS) is 20.1. The molecule has 1 aromatic carbocycles. The van der Waals surface area contributed by atoms with Crippen molar-refractivity contribution in [2.75, 3.05) is 36.1 Å². The van der Waals surface area contributed by atoms with Crippen molar-refractivity contribution in [3.05, 3.63) is 28.8 Å². The number of amides is 2. The summed E-state index contributed by atoms with van der Waals surface area (Å²) in [7, 11) is -3.15. The van der Waals surface area contributed by atoms with Gasteiger partial charge in [0, 0.05) is 30.6 Å². The zero-order valence-electron chi connectivity index (χ0n) is 17.5. The molecule has 1 aromatic rings. The van der Waals surface area contributed by atoms with Gasteiger partial charge in [-0.3, -0.25) is 9.59 Å². The van der Waals surface area contributed by atoms with E-state index in [4.69, 9.17) is 16.3 Å². The summed E-state index contributed by atoms with van der Waals surface area (Å²) < 4.78 is 29.0. The fourth-order valence-corrected chi connectivity index (χ4v) is 5.85. The summed E-state index contributed by atoms with van der Waals surface area (Å²) in [6.07, 6.45) is 3.06. The van der Waals surface area contributed by atoms with Crippen LogP contribution in [-0.4, -0.2) is 68.3 Å². The molecule has 0 spiro atoms. The molecule has 2 amide bonds. The van der Waals surface area contributed by atoms with Crippen LogP contribution in [0.4, 0.5) is 5.69 Å². The maximum atomic E-state index is 12.8. The summed E-state index contributed by atoms with van der Waals surface area (Å²) in [5, 5.41) is 0.385. The predicted molar refractivity (Wildman–Crippen MR) is 117 cm³/mol. The zero-order chi connectivity index (χ0) is 22.6. The molecular weight excluding hydrogens is 444 g/mol. The van der Waals surface area contributed by atoms with Crippen molar-refractivity contribution in [2.24, 2.45) is 0 Å². The van der Waals surface area contributed by atoms with Gasteiger partial charge in [0.05, 0.1) is 22.8 Å². The van der Waals surface area contributed by atoms with Crippen LogP contribution in [0.2, 0.25) is 5.02 Å². The highest BCUT2D eigenvalue weighted by Crippen LogP contribution is 2.29. The number of esters is 1. The first kappa shape index (κ1) is 23.5. The van der Waals surface area contributed by atoms with Gasteiger partial charge in [-0.2, -0.15) is 0 Å². The van der Waals surface area contributed by atoms with E-state index >= 15 is 0 Å². The van der Waals surface area contributed by atoms with E-state index in [1.54, 1.807) is 6.07 Å². The van der Waals surface area contributed by atoms with Gasteiger partial charge in [0.2, 0.25) is 5.91 Å². The lowest BCUT2D eigenvalue weighted by Crippen LogP contribution is -2.44. The number of ether oxygens (including phenoxy) is 1. The lowest BCUT2D eigenvalue weighted by molar-refractivity contribution is -0.136. The van der Waals surface area contributed by atoms with Gasteiger partial charge < -0.3 is 14.5 Å². The number of rotatable bonds is 8. The van der Waals surface area contributed by atoms with E-state index in [0.717, 1.165) is 12.8 Å². The molecular formula is C21H27ClN2O6S. The summed E-state index contributed by atoms with van der Waals surface area (Å²) in [6.45, 7) is 2.39.